The highest BCUT2D eigenvalue weighted by Gasteiger charge is 2.09. The monoisotopic (exact) mass is 237 g/mol. The molecule has 0 aliphatic rings. The lowest BCUT2D eigenvalue weighted by Gasteiger charge is -2.13. The van der Waals surface area contributed by atoms with Crippen molar-refractivity contribution in [3.05, 3.63) is 23.5 Å². The van der Waals surface area contributed by atoms with Crippen molar-refractivity contribution in [2.24, 2.45) is 0 Å². The second-order valence-electron chi connectivity index (χ2n) is 4.16. The maximum Gasteiger partial charge on any atom is 0.193 e. The summed E-state index contributed by atoms with van der Waals surface area (Å²) in [5.41, 5.74) is 1.20. The summed E-state index contributed by atoms with van der Waals surface area (Å²) in [6.07, 6.45) is 9.02. The van der Waals surface area contributed by atoms with Crippen molar-refractivity contribution in [2.75, 3.05) is 7.05 Å². The molecule has 0 aliphatic heterocycles. The smallest absolute Gasteiger partial charge is 0.193 e. The molecule has 0 spiro atoms. The van der Waals surface area contributed by atoms with E-state index in [1.54, 1.807) is 11.3 Å². The van der Waals surface area contributed by atoms with Gasteiger partial charge in [-0.15, -0.1) is 11.3 Å². The first-order chi connectivity index (χ1) is 7.83. The second kappa shape index (κ2) is 5.46. The fraction of sp³-hybridized carbons (Fsp3) is 0.583. The lowest BCUT2D eigenvalue weighted by molar-refractivity contribution is 0.495. The SMILES string of the molecule is CCCCC(Cc1cn2ccsc2n1)NC. The molecule has 16 heavy (non-hydrogen) atoms. The highest BCUT2D eigenvalue weighted by atomic mass is 32.1. The molecule has 2 aromatic heterocycles. The molecule has 2 heterocycles. The summed E-state index contributed by atoms with van der Waals surface area (Å²) in [6, 6.07) is 0.560. The number of hydrogen-bond donors (Lipinski definition) is 1. The molecule has 4 heteroatoms. The van der Waals surface area contributed by atoms with Gasteiger partial charge in [0.05, 0.1) is 5.69 Å². The number of hydrogen-bond acceptors (Lipinski definition) is 3. The number of unbranched alkanes of at least 4 members (excludes halogenated alkanes) is 1. The van der Waals surface area contributed by atoms with Gasteiger partial charge in [0.15, 0.2) is 4.96 Å². The van der Waals surface area contributed by atoms with Gasteiger partial charge in [-0.05, 0) is 13.5 Å². The minimum absolute atomic E-state index is 0.560. The fourth-order valence-electron chi connectivity index (χ4n) is 1.93. The molecule has 1 unspecified atom stereocenters. The highest BCUT2D eigenvalue weighted by molar-refractivity contribution is 7.15. The molecule has 0 fully saturated rings. The van der Waals surface area contributed by atoms with Gasteiger partial charge in [-0.2, -0.15) is 0 Å². The zero-order valence-electron chi connectivity index (χ0n) is 9.94. The first-order valence-electron chi connectivity index (χ1n) is 5.91. The highest BCUT2D eigenvalue weighted by Crippen LogP contribution is 2.14. The van der Waals surface area contributed by atoms with Crippen LogP contribution >= 0.6 is 11.3 Å². The van der Waals surface area contributed by atoms with Gasteiger partial charge in [-0.3, -0.25) is 4.40 Å². The summed E-state index contributed by atoms with van der Waals surface area (Å²) in [5, 5.41) is 5.44. The molecule has 1 atom stereocenters. The summed E-state index contributed by atoms with van der Waals surface area (Å²) in [7, 11) is 2.04. The molecule has 0 aromatic carbocycles. The average Bonchev–Trinajstić information content (AvgIpc) is 2.84. The first kappa shape index (κ1) is 11.6. The van der Waals surface area contributed by atoms with E-state index < -0.39 is 0 Å². The lowest BCUT2D eigenvalue weighted by Crippen LogP contribution is -2.27. The van der Waals surface area contributed by atoms with Gasteiger partial charge in [0.1, 0.15) is 0 Å². The van der Waals surface area contributed by atoms with E-state index in [0.717, 1.165) is 11.4 Å². The average molecular weight is 237 g/mol. The Morgan fingerprint density at radius 1 is 1.56 bits per heavy atom. The molecule has 3 nitrogen and oxygen atoms in total. The Kier molecular flexibility index (Phi) is 3.96. The zero-order chi connectivity index (χ0) is 11.4. The molecule has 0 aliphatic carbocycles. The molecule has 2 rings (SSSR count). The van der Waals surface area contributed by atoms with Crippen molar-refractivity contribution >= 4 is 16.3 Å². The number of aromatic nitrogens is 2. The summed E-state index contributed by atoms with van der Waals surface area (Å²) in [6.45, 7) is 2.24. The molecule has 0 radical (unpaired) electrons. The molecule has 1 N–H and O–H groups in total. The molecule has 2 aromatic rings. The second-order valence-corrected chi connectivity index (χ2v) is 5.03. The van der Waals surface area contributed by atoms with Gasteiger partial charge >= 0.3 is 0 Å². The van der Waals surface area contributed by atoms with E-state index in [2.05, 4.69) is 39.4 Å². The standard InChI is InChI=1S/C12H19N3S/c1-3-4-5-10(13-2)8-11-9-15-6-7-16-12(15)14-11/h6-7,9-10,13H,3-5,8H2,1-2H3. The Balaban J connectivity index is 1.99. The maximum absolute atomic E-state index is 4.61. The van der Waals surface area contributed by atoms with Crippen molar-refractivity contribution in [3.63, 3.8) is 0 Å². The number of rotatable bonds is 6. The van der Waals surface area contributed by atoms with Gasteiger partial charge < -0.3 is 5.32 Å². The van der Waals surface area contributed by atoms with Gasteiger partial charge in [0.2, 0.25) is 0 Å². The van der Waals surface area contributed by atoms with Gasteiger partial charge in [0.25, 0.3) is 0 Å². The van der Waals surface area contributed by atoms with Crippen molar-refractivity contribution in [2.45, 2.75) is 38.6 Å². The number of fused-ring (bicyclic) bond motifs is 1. The van der Waals surface area contributed by atoms with Crippen molar-refractivity contribution < 1.29 is 0 Å². The summed E-state index contributed by atoms with van der Waals surface area (Å²) in [4.78, 5) is 5.71. The van der Waals surface area contributed by atoms with Crippen molar-refractivity contribution in [1.29, 1.82) is 0 Å². The Morgan fingerprint density at radius 3 is 3.12 bits per heavy atom. The van der Waals surface area contributed by atoms with E-state index in [-0.39, 0.29) is 0 Å². The summed E-state index contributed by atoms with van der Waals surface area (Å²) < 4.78 is 2.10. The first-order valence-corrected chi connectivity index (χ1v) is 6.79. The van der Waals surface area contributed by atoms with Crippen LogP contribution in [0.2, 0.25) is 0 Å². The quantitative estimate of drug-likeness (QED) is 0.837. The summed E-state index contributed by atoms with van der Waals surface area (Å²) in [5.74, 6) is 0. The minimum Gasteiger partial charge on any atom is -0.317 e. The van der Waals surface area contributed by atoms with E-state index in [1.807, 2.05) is 7.05 Å². The third kappa shape index (κ3) is 2.62. The third-order valence-corrected chi connectivity index (χ3v) is 3.68. The molecular formula is C12H19N3S. The molecule has 0 saturated heterocycles. The van der Waals surface area contributed by atoms with Crippen LogP contribution < -0.4 is 5.32 Å². The van der Waals surface area contributed by atoms with Crippen LogP contribution in [0.4, 0.5) is 0 Å². The van der Waals surface area contributed by atoms with Crippen LogP contribution in [0.25, 0.3) is 4.96 Å². The Morgan fingerprint density at radius 2 is 2.44 bits per heavy atom. The number of likely N-dealkylation sites (N-methyl/N-ethyl adjacent to an activating group) is 1. The minimum atomic E-state index is 0.560. The predicted molar refractivity (Wildman–Crippen MR) is 69.1 cm³/mol. The van der Waals surface area contributed by atoms with Crippen molar-refractivity contribution in [1.82, 2.24) is 14.7 Å². The Hall–Kier alpha value is -0.870. The molecule has 0 saturated carbocycles. The maximum atomic E-state index is 4.61. The third-order valence-electron chi connectivity index (χ3n) is 2.91. The number of nitrogens with zero attached hydrogens (tertiary/aromatic N) is 2. The zero-order valence-corrected chi connectivity index (χ0v) is 10.8. The van der Waals surface area contributed by atoms with Crippen LogP contribution in [0.5, 0.6) is 0 Å². The normalized spacial score (nSPS) is 13.4. The van der Waals surface area contributed by atoms with E-state index in [4.69, 9.17) is 0 Å². The van der Waals surface area contributed by atoms with Crippen LogP contribution in [0, 0.1) is 0 Å². The van der Waals surface area contributed by atoms with E-state index in [9.17, 15) is 0 Å². The van der Waals surface area contributed by atoms with Crippen LogP contribution in [0.1, 0.15) is 31.9 Å². The Bertz CT molecular complexity index is 404. The largest absolute Gasteiger partial charge is 0.317 e. The predicted octanol–water partition coefficient (Wildman–Crippen LogP) is 2.72. The van der Waals surface area contributed by atoms with Gasteiger partial charge in [0, 0.05) is 30.2 Å². The Labute approximate surface area is 101 Å². The van der Waals surface area contributed by atoms with E-state index >= 15 is 0 Å². The molecule has 0 bridgehead atoms. The van der Waals surface area contributed by atoms with Crippen LogP contribution in [0.15, 0.2) is 17.8 Å². The van der Waals surface area contributed by atoms with Gasteiger partial charge in [-0.1, -0.05) is 19.8 Å². The van der Waals surface area contributed by atoms with Crippen LogP contribution in [-0.4, -0.2) is 22.5 Å². The number of thiazole rings is 1. The summed E-state index contributed by atoms with van der Waals surface area (Å²) >= 11 is 1.69. The van der Waals surface area contributed by atoms with Crippen LogP contribution in [-0.2, 0) is 6.42 Å². The lowest BCUT2D eigenvalue weighted by atomic mass is 10.1. The van der Waals surface area contributed by atoms with Crippen molar-refractivity contribution in [3.8, 4) is 0 Å². The fourth-order valence-corrected chi connectivity index (χ4v) is 2.64. The number of imidazole rings is 1. The topological polar surface area (TPSA) is 29.3 Å². The number of nitrogens with one attached hydrogen (secondary N) is 1. The van der Waals surface area contributed by atoms with E-state index in [1.165, 1.54) is 25.0 Å². The van der Waals surface area contributed by atoms with E-state index in [0.29, 0.717) is 6.04 Å². The molecule has 0 amide bonds. The molecular weight excluding hydrogens is 218 g/mol. The van der Waals surface area contributed by atoms with Crippen LogP contribution in [0.3, 0.4) is 0 Å². The molecule has 88 valence electrons. The van der Waals surface area contributed by atoms with Gasteiger partial charge in [-0.25, -0.2) is 4.98 Å².